The van der Waals surface area contributed by atoms with Gasteiger partial charge in [-0.05, 0) is 48.9 Å². The van der Waals surface area contributed by atoms with Gasteiger partial charge in [-0.25, -0.2) is 5.43 Å². The predicted octanol–water partition coefficient (Wildman–Crippen LogP) is 3.95. The molecule has 9 heteroatoms. The van der Waals surface area contributed by atoms with Crippen LogP contribution in [0.2, 0.25) is 0 Å². The van der Waals surface area contributed by atoms with E-state index >= 15 is 0 Å². The van der Waals surface area contributed by atoms with E-state index in [1.165, 1.54) is 11.8 Å². The van der Waals surface area contributed by atoms with Crippen LogP contribution in [0.15, 0.2) is 83.3 Å². The van der Waals surface area contributed by atoms with Crippen LogP contribution >= 0.6 is 11.8 Å². The number of hydrogen-bond donors (Lipinski definition) is 1. The first-order chi connectivity index (χ1) is 16.5. The summed E-state index contributed by atoms with van der Waals surface area (Å²) in [6, 6.07) is 19.8. The molecule has 1 N–H and O–H groups in total. The number of hydrazone groups is 1. The zero-order valence-corrected chi connectivity index (χ0v) is 20.0. The van der Waals surface area contributed by atoms with E-state index in [-0.39, 0.29) is 11.7 Å². The Morgan fingerprint density at radius 1 is 1.03 bits per heavy atom. The van der Waals surface area contributed by atoms with E-state index in [1.54, 1.807) is 18.6 Å². The molecule has 0 spiro atoms. The number of aryl methyl sites for hydroxylation is 1. The van der Waals surface area contributed by atoms with Gasteiger partial charge in [0, 0.05) is 43.4 Å². The van der Waals surface area contributed by atoms with Crippen LogP contribution < -0.4 is 10.3 Å². The van der Waals surface area contributed by atoms with Gasteiger partial charge in [-0.2, -0.15) is 5.10 Å². The molecule has 0 radical (unpaired) electrons. The van der Waals surface area contributed by atoms with Crippen molar-refractivity contribution >= 4 is 29.6 Å². The number of anilines is 1. The summed E-state index contributed by atoms with van der Waals surface area (Å²) in [5, 5.41) is 13.4. The molecule has 2 aromatic carbocycles. The van der Waals surface area contributed by atoms with Crippen molar-refractivity contribution in [2.75, 3.05) is 24.7 Å². The van der Waals surface area contributed by atoms with Crippen LogP contribution in [0.5, 0.6) is 0 Å². The number of hydrogen-bond acceptors (Lipinski definition) is 7. The number of thioether (sulfide) groups is 1. The highest BCUT2D eigenvalue weighted by Crippen LogP contribution is 2.27. The molecule has 0 atom stereocenters. The number of nitrogens with one attached hydrogen (secondary N) is 1. The molecule has 0 aliphatic carbocycles. The number of aromatic nitrogens is 4. The molecule has 34 heavy (non-hydrogen) atoms. The molecule has 4 aromatic rings. The molecular formula is C25H25N7OS. The Hall–Kier alpha value is -3.98. The monoisotopic (exact) mass is 471 g/mol. The molecule has 172 valence electrons. The molecular weight excluding hydrogens is 446 g/mol. The molecule has 0 fully saturated rings. The maximum Gasteiger partial charge on any atom is 0.250 e. The Morgan fingerprint density at radius 2 is 1.74 bits per heavy atom. The lowest BCUT2D eigenvalue weighted by Gasteiger charge is -2.11. The fraction of sp³-hybridized carbons (Fsp3) is 0.160. The van der Waals surface area contributed by atoms with Gasteiger partial charge < -0.3 is 4.90 Å². The fourth-order valence-electron chi connectivity index (χ4n) is 3.18. The van der Waals surface area contributed by atoms with Crippen molar-refractivity contribution in [3.05, 3.63) is 84.2 Å². The smallest absolute Gasteiger partial charge is 0.250 e. The van der Waals surface area contributed by atoms with Crippen molar-refractivity contribution in [1.29, 1.82) is 0 Å². The first-order valence-corrected chi connectivity index (χ1v) is 11.6. The third-order valence-corrected chi connectivity index (χ3v) is 5.94. The number of carbonyl (C=O) groups excluding carboxylic acids is 1. The molecule has 1 amide bonds. The van der Waals surface area contributed by atoms with Gasteiger partial charge in [0.05, 0.1) is 12.0 Å². The van der Waals surface area contributed by atoms with Gasteiger partial charge >= 0.3 is 0 Å². The van der Waals surface area contributed by atoms with Crippen molar-refractivity contribution in [3.8, 4) is 17.1 Å². The van der Waals surface area contributed by atoms with Crippen molar-refractivity contribution in [2.24, 2.45) is 5.10 Å². The third-order valence-electron chi connectivity index (χ3n) is 5.01. The summed E-state index contributed by atoms with van der Waals surface area (Å²) >= 11 is 1.30. The lowest BCUT2D eigenvalue weighted by Crippen LogP contribution is -2.20. The highest BCUT2D eigenvalue weighted by atomic mass is 32.2. The molecule has 4 rings (SSSR count). The van der Waals surface area contributed by atoms with Crippen LogP contribution in [0.4, 0.5) is 5.69 Å². The Bertz CT molecular complexity index is 1270. The van der Waals surface area contributed by atoms with Crippen molar-refractivity contribution in [2.45, 2.75) is 12.1 Å². The Balaban J connectivity index is 1.45. The minimum Gasteiger partial charge on any atom is -0.378 e. The zero-order valence-electron chi connectivity index (χ0n) is 19.2. The number of benzene rings is 2. The van der Waals surface area contributed by atoms with Gasteiger partial charge in [-0.3, -0.25) is 14.3 Å². The zero-order chi connectivity index (χ0) is 23.9. The summed E-state index contributed by atoms with van der Waals surface area (Å²) in [4.78, 5) is 18.5. The lowest BCUT2D eigenvalue weighted by molar-refractivity contribution is -0.118. The van der Waals surface area contributed by atoms with Crippen LogP contribution in [0.3, 0.4) is 0 Å². The normalized spacial score (nSPS) is 11.0. The van der Waals surface area contributed by atoms with E-state index in [4.69, 9.17) is 0 Å². The predicted molar refractivity (Wildman–Crippen MR) is 137 cm³/mol. The van der Waals surface area contributed by atoms with E-state index in [0.29, 0.717) is 11.0 Å². The Kier molecular flexibility index (Phi) is 7.34. The van der Waals surface area contributed by atoms with E-state index in [0.717, 1.165) is 28.1 Å². The number of carbonyl (C=O) groups is 1. The van der Waals surface area contributed by atoms with Crippen LogP contribution in [-0.4, -0.2) is 51.7 Å². The number of nitrogens with zero attached hydrogens (tertiary/aromatic N) is 6. The third kappa shape index (κ3) is 5.68. The molecule has 8 nitrogen and oxygen atoms in total. The summed E-state index contributed by atoms with van der Waals surface area (Å²) < 4.78 is 1.95. The Labute approximate surface area is 202 Å². The highest BCUT2D eigenvalue weighted by molar-refractivity contribution is 7.99. The minimum absolute atomic E-state index is 0.150. The second kappa shape index (κ2) is 10.8. The van der Waals surface area contributed by atoms with Gasteiger partial charge in [-0.15, -0.1) is 10.2 Å². The van der Waals surface area contributed by atoms with Crippen LogP contribution in [0, 0.1) is 6.92 Å². The SMILES string of the molecule is Cc1ccc(-n2c(SCC(=O)N/N=C/c3ccc(N(C)C)cc3)nnc2-c2ccncc2)cc1. The fourth-order valence-corrected chi connectivity index (χ4v) is 3.92. The van der Waals surface area contributed by atoms with Gasteiger partial charge in [0.15, 0.2) is 11.0 Å². The maximum atomic E-state index is 12.4. The summed E-state index contributed by atoms with van der Waals surface area (Å²) in [5.74, 6) is 0.612. The molecule has 2 aromatic heterocycles. The van der Waals surface area contributed by atoms with E-state index in [1.807, 2.05) is 91.1 Å². The molecule has 0 bridgehead atoms. The van der Waals surface area contributed by atoms with Crippen LogP contribution in [-0.2, 0) is 4.79 Å². The quantitative estimate of drug-likeness (QED) is 0.238. The second-order valence-corrected chi connectivity index (χ2v) is 8.72. The van der Waals surface area contributed by atoms with Crippen molar-refractivity contribution in [1.82, 2.24) is 25.2 Å². The van der Waals surface area contributed by atoms with Gasteiger partial charge in [0.25, 0.3) is 5.91 Å². The average Bonchev–Trinajstić information content (AvgIpc) is 3.28. The van der Waals surface area contributed by atoms with Crippen LogP contribution in [0.1, 0.15) is 11.1 Å². The first kappa shape index (κ1) is 23.2. The standard InChI is InChI=1S/C25H25N7OS/c1-18-4-8-22(9-5-18)32-24(20-12-14-26-15-13-20)29-30-25(32)34-17-23(33)28-27-16-19-6-10-21(11-7-19)31(2)3/h4-16H,17H2,1-3H3,(H,28,33)/b27-16+. The summed E-state index contributed by atoms with van der Waals surface area (Å²) in [6.45, 7) is 2.04. The second-order valence-electron chi connectivity index (χ2n) is 7.78. The molecule has 2 heterocycles. The van der Waals surface area contributed by atoms with E-state index in [9.17, 15) is 4.79 Å². The van der Waals surface area contributed by atoms with E-state index in [2.05, 4.69) is 25.7 Å². The van der Waals surface area contributed by atoms with Crippen molar-refractivity contribution in [3.63, 3.8) is 0 Å². The average molecular weight is 472 g/mol. The summed E-state index contributed by atoms with van der Waals surface area (Å²) in [7, 11) is 3.97. The molecule has 0 unspecified atom stereocenters. The molecule has 0 aliphatic heterocycles. The molecule has 0 saturated heterocycles. The lowest BCUT2D eigenvalue weighted by atomic mass is 10.2. The van der Waals surface area contributed by atoms with Gasteiger partial charge in [0.1, 0.15) is 0 Å². The van der Waals surface area contributed by atoms with E-state index < -0.39 is 0 Å². The van der Waals surface area contributed by atoms with Crippen LogP contribution in [0.25, 0.3) is 17.1 Å². The van der Waals surface area contributed by atoms with Crippen molar-refractivity contribution < 1.29 is 4.79 Å². The summed E-state index contributed by atoms with van der Waals surface area (Å²) in [6.07, 6.45) is 5.06. The first-order valence-electron chi connectivity index (χ1n) is 10.7. The highest BCUT2D eigenvalue weighted by Gasteiger charge is 2.17. The minimum atomic E-state index is -0.227. The topological polar surface area (TPSA) is 88.3 Å². The number of rotatable bonds is 8. The van der Waals surface area contributed by atoms with Gasteiger partial charge in [-0.1, -0.05) is 41.6 Å². The number of amides is 1. The largest absolute Gasteiger partial charge is 0.378 e. The Morgan fingerprint density at radius 3 is 2.41 bits per heavy atom. The maximum absolute atomic E-state index is 12.4. The molecule has 0 saturated carbocycles. The summed E-state index contributed by atoms with van der Waals surface area (Å²) in [5.41, 5.74) is 7.55. The van der Waals surface area contributed by atoms with Gasteiger partial charge in [0.2, 0.25) is 0 Å². The molecule has 0 aliphatic rings. The number of pyridine rings is 1.